The third-order valence-corrected chi connectivity index (χ3v) is 4.39. The molecule has 1 fully saturated rings. The Morgan fingerprint density at radius 1 is 1.12 bits per heavy atom. The summed E-state index contributed by atoms with van der Waals surface area (Å²) in [6, 6.07) is 0. The predicted molar refractivity (Wildman–Crippen MR) is 77.3 cm³/mol. The summed E-state index contributed by atoms with van der Waals surface area (Å²) in [7, 11) is 0. The van der Waals surface area contributed by atoms with Gasteiger partial charge in [0.1, 0.15) is 0 Å². The molecule has 0 spiro atoms. The van der Waals surface area contributed by atoms with Gasteiger partial charge in [0.25, 0.3) is 0 Å². The number of nitrogens with one attached hydrogen (secondary N) is 1. The van der Waals surface area contributed by atoms with Gasteiger partial charge in [-0.2, -0.15) is 0 Å². The van der Waals surface area contributed by atoms with Crippen LogP contribution in [0.15, 0.2) is 0 Å². The van der Waals surface area contributed by atoms with Crippen LogP contribution < -0.4 is 5.32 Å². The largest absolute Gasteiger partial charge is 0.312 e. The molecule has 1 aliphatic rings. The maximum atomic E-state index is 3.76. The lowest BCUT2D eigenvalue weighted by molar-refractivity contribution is 0.129. The van der Waals surface area contributed by atoms with E-state index in [9.17, 15) is 0 Å². The second-order valence-electron chi connectivity index (χ2n) is 7.38. The standard InChI is InChI=1S/C16H33N/c1-6-14(2)12-16(10-8-7-9-11-16)13-17-15(3,4)5/h14,17H,6-13H2,1-5H3. The van der Waals surface area contributed by atoms with Crippen molar-refractivity contribution >= 4 is 0 Å². The van der Waals surface area contributed by atoms with E-state index in [1.807, 2.05) is 0 Å². The van der Waals surface area contributed by atoms with Crippen molar-refractivity contribution in [1.82, 2.24) is 5.32 Å². The molecule has 0 amide bonds. The van der Waals surface area contributed by atoms with Crippen LogP contribution >= 0.6 is 0 Å². The average molecular weight is 239 g/mol. The molecule has 0 heterocycles. The molecule has 1 heteroatoms. The molecule has 1 aliphatic carbocycles. The zero-order valence-electron chi connectivity index (χ0n) is 12.7. The van der Waals surface area contributed by atoms with Gasteiger partial charge >= 0.3 is 0 Å². The molecule has 0 saturated heterocycles. The van der Waals surface area contributed by atoms with Gasteiger partial charge in [-0.05, 0) is 51.4 Å². The van der Waals surface area contributed by atoms with Crippen LogP contribution in [-0.4, -0.2) is 12.1 Å². The Morgan fingerprint density at radius 2 is 1.71 bits per heavy atom. The summed E-state index contributed by atoms with van der Waals surface area (Å²) in [5.41, 5.74) is 0.862. The molecule has 102 valence electrons. The Labute approximate surface area is 109 Å². The zero-order valence-corrected chi connectivity index (χ0v) is 12.7. The van der Waals surface area contributed by atoms with Crippen molar-refractivity contribution in [1.29, 1.82) is 0 Å². The monoisotopic (exact) mass is 239 g/mol. The molecule has 0 aromatic rings. The minimum absolute atomic E-state index is 0.264. The topological polar surface area (TPSA) is 12.0 Å². The molecule has 1 N–H and O–H groups in total. The lowest BCUT2D eigenvalue weighted by Crippen LogP contribution is -2.45. The van der Waals surface area contributed by atoms with Gasteiger partial charge in [-0.1, -0.05) is 39.5 Å². The quantitative estimate of drug-likeness (QED) is 0.729. The third kappa shape index (κ3) is 5.42. The third-order valence-electron chi connectivity index (χ3n) is 4.39. The van der Waals surface area contributed by atoms with Crippen molar-refractivity contribution in [2.45, 2.75) is 85.1 Å². The molecule has 1 atom stereocenters. The SMILES string of the molecule is CCC(C)CC1(CNC(C)(C)C)CCCCC1. The minimum Gasteiger partial charge on any atom is -0.312 e. The normalized spacial score (nSPS) is 22.4. The van der Waals surface area contributed by atoms with E-state index in [1.165, 1.54) is 51.5 Å². The smallest absolute Gasteiger partial charge is 0.00967 e. The van der Waals surface area contributed by atoms with Gasteiger partial charge in [0, 0.05) is 12.1 Å². The minimum atomic E-state index is 0.264. The van der Waals surface area contributed by atoms with Crippen LogP contribution in [0.25, 0.3) is 0 Å². The molecule has 0 aromatic heterocycles. The molecule has 1 saturated carbocycles. The predicted octanol–water partition coefficient (Wildman–Crippen LogP) is 4.76. The van der Waals surface area contributed by atoms with Crippen molar-refractivity contribution in [3.8, 4) is 0 Å². The van der Waals surface area contributed by atoms with Crippen LogP contribution in [0, 0.1) is 11.3 Å². The van der Waals surface area contributed by atoms with E-state index < -0.39 is 0 Å². The Hall–Kier alpha value is -0.0400. The Kier molecular flexibility index (Phi) is 5.50. The second kappa shape index (κ2) is 6.22. The average Bonchev–Trinajstić information content (AvgIpc) is 2.27. The molecule has 17 heavy (non-hydrogen) atoms. The van der Waals surface area contributed by atoms with E-state index in [0.717, 1.165) is 5.92 Å². The van der Waals surface area contributed by atoms with Crippen LogP contribution in [0.5, 0.6) is 0 Å². The van der Waals surface area contributed by atoms with Gasteiger partial charge in [-0.3, -0.25) is 0 Å². The van der Waals surface area contributed by atoms with Crippen LogP contribution in [0.4, 0.5) is 0 Å². The Bertz CT molecular complexity index is 208. The second-order valence-corrected chi connectivity index (χ2v) is 7.38. The summed E-state index contributed by atoms with van der Waals surface area (Å²) in [5.74, 6) is 0.884. The van der Waals surface area contributed by atoms with E-state index in [0.29, 0.717) is 5.41 Å². The summed E-state index contributed by atoms with van der Waals surface area (Å²) < 4.78 is 0. The molecular formula is C16H33N. The number of hydrogen-bond donors (Lipinski definition) is 1. The van der Waals surface area contributed by atoms with Crippen molar-refractivity contribution in [3.63, 3.8) is 0 Å². The van der Waals surface area contributed by atoms with E-state index in [1.54, 1.807) is 0 Å². The van der Waals surface area contributed by atoms with Crippen molar-refractivity contribution in [2.75, 3.05) is 6.54 Å². The van der Waals surface area contributed by atoms with Crippen LogP contribution in [0.3, 0.4) is 0 Å². The molecule has 1 rings (SSSR count). The molecule has 0 bridgehead atoms. The summed E-state index contributed by atoms with van der Waals surface area (Å²) in [5, 5.41) is 3.76. The van der Waals surface area contributed by atoms with Gasteiger partial charge in [0.15, 0.2) is 0 Å². The van der Waals surface area contributed by atoms with E-state index in [2.05, 4.69) is 39.9 Å². The van der Waals surface area contributed by atoms with Gasteiger partial charge in [-0.25, -0.2) is 0 Å². The van der Waals surface area contributed by atoms with Crippen LogP contribution in [0.2, 0.25) is 0 Å². The number of rotatable bonds is 5. The van der Waals surface area contributed by atoms with E-state index >= 15 is 0 Å². The first kappa shape index (κ1) is 15.0. The summed E-state index contributed by atoms with van der Waals surface area (Å²) in [4.78, 5) is 0. The lowest BCUT2D eigenvalue weighted by atomic mass is 9.68. The van der Waals surface area contributed by atoms with Crippen molar-refractivity contribution in [2.24, 2.45) is 11.3 Å². The Balaban J connectivity index is 2.58. The molecule has 0 aromatic carbocycles. The van der Waals surface area contributed by atoms with Gasteiger partial charge in [-0.15, -0.1) is 0 Å². The Morgan fingerprint density at radius 3 is 2.18 bits per heavy atom. The van der Waals surface area contributed by atoms with Crippen LogP contribution in [-0.2, 0) is 0 Å². The van der Waals surface area contributed by atoms with E-state index in [-0.39, 0.29) is 5.54 Å². The fourth-order valence-corrected chi connectivity index (χ4v) is 3.09. The molecule has 0 radical (unpaired) electrons. The van der Waals surface area contributed by atoms with Gasteiger partial charge in [0.2, 0.25) is 0 Å². The summed E-state index contributed by atoms with van der Waals surface area (Å²) in [6.07, 6.45) is 9.99. The van der Waals surface area contributed by atoms with E-state index in [4.69, 9.17) is 0 Å². The highest BCUT2D eigenvalue weighted by Gasteiger charge is 2.33. The molecule has 1 nitrogen and oxygen atoms in total. The number of hydrogen-bond acceptors (Lipinski definition) is 1. The maximum absolute atomic E-state index is 3.76. The molecule has 0 aliphatic heterocycles. The first-order valence-electron chi connectivity index (χ1n) is 7.62. The maximum Gasteiger partial charge on any atom is 0.00967 e. The zero-order chi connectivity index (χ0) is 12.9. The summed E-state index contributed by atoms with van der Waals surface area (Å²) >= 11 is 0. The van der Waals surface area contributed by atoms with Gasteiger partial charge in [0.05, 0.1) is 0 Å². The highest BCUT2D eigenvalue weighted by Crippen LogP contribution is 2.41. The fraction of sp³-hybridized carbons (Fsp3) is 1.00. The summed E-state index contributed by atoms with van der Waals surface area (Å²) in [6.45, 7) is 12.8. The van der Waals surface area contributed by atoms with Gasteiger partial charge < -0.3 is 5.32 Å². The van der Waals surface area contributed by atoms with Crippen LogP contribution in [0.1, 0.15) is 79.6 Å². The molecular weight excluding hydrogens is 206 g/mol. The first-order chi connectivity index (χ1) is 7.87. The fourth-order valence-electron chi connectivity index (χ4n) is 3.09. The highest BCUT2D eigenvalue weighted by atomic mass is 15.0. The van der Waals surface area contributed by atoms with Crippen molar-refractivity contribution < 1.29 is 0 Å². The highest BCUT2D eigenvalue weighted by molar-refractivity contribution is 4.88. The lowest BCUT2D eigenvalue weighted by Gasteiger charge is -2.41. The molecule has 1 unspecified atom stereocenters. The van der Waals surface area contributed by atoms with Crippen molar-refractivity contribution in [3.05, 3.63) is 0 Å². The first-order valence-corrected chi connectivity index (χ1v) is 7.62.